The molecule has 10 nitrogen and oxygen atoms in total. The number of primary amides is 1. The van der Waals surface area contributed by atoms with Crippen molar-refractivity contribution in [2.45, 2.75) is 117 Å². The number of amides is 5. The molecule has 0 spiro atoms. The van der Waals surface area contributed by atoms with E-state index in [4.69, 9.17) is 5.73 Å². The van der Waals surface area contributed by atoms with Gasteiger partial charge in [0.1, 0.15) is 18.1 Å². The molecule has 0 aromatic carbocycles. The van der Waals surface area contributed by atoms with Gasteiger partial charge < -0.3 is 26.6 Å². The zero-order valence-corrected chi connectivity index (χ0v) is 24.7. The second kappa shape index (κ2) is 10.9. The first-order chi connectivity index (χ1) is 18.2. The number of urea groups is 1. The number of piperidine rings is 1. The molecule has 0 aromatic rings. The highest BCUT2D eigenvalue weighted by Gasteiger charge is 2.70. The molecule has 2 aliphatic carbocycles. The van der Waals surface area contributed by atoms with Gasteiger partial charge in [0, 0.05) is 18.5 Å². The van der Waals surface area contributed by atoms with Crippen molar-refractivity contribution in [2.24, 2.45) is 28.4 Å². The van der Waals surface area contributed by atoms with Crippen molar-refractivity contribution < 1.29 is 32.8 Å². The highest BCUT2D eigenvalue weighted by Crippen LogP contribution is 2.65. The lowest BCUT2D eigenvalue weighted by molar-refractivity contribution is -0.145. The van der Waals surface area contributed by atoms with Crippen LogP contribution in [0.2, 0.25) is 0 Å². The van der Waals surface area contributed by atoms with Crippen LogP contribution in [0.5, 0.6) is 0 Å². The number of carbonyl (C=O) groups excluding carboxylic acids is 5. The molecule has 3 fully saturated rings. The zero-order chi connectivity index (χ0) is 30.4. The van der Waals surface area contributed by atoms with Gasteiger partial charge in [-0.3, -0.25) is 19.2 Å². The van der Waals surface area contributed by atoms with Crippen LogP contribution in [0.25, 0.3) is 0 Å². The summed E-state index contributed by atoms with van der Waals surface area (Å²) in [6.45, 7) is 12.1. The number of hydrogen-bond donors (Lipinski definition) is 4. The van der Waals surface area contributed by atoms with E-state index in [0.717, 1.165) is 32.1 Å². The molecule has 1 saturated heterocycles. The molecule has 3 aliphatic rings. The summed E-state index contributed by atoms with van der Waals surface area (Å²) in [7, 11) is 0. The Balaban J connectivity index is 1.83. The van der Waals surface area contributed by atoms with Crippen LogP contribution in [-0.2, 0) is 19.2 Å². The molecule has 5 N–H and O–H groups in total. The Bertz CT molecular complexity index is 1040. The summed E-state index contributed by atoms with van der Waals surface area (Å²) in [6.07, 6.45) is 3.69. The minimum atomic E-state index is -3.36. The number of likely N-dealkylation sites (tertiary alicyclic amines) is 1. The normalized spacial score (nSPS) is 26.6. The van der Waals surface area contributed by atoms with Crippen LogP contribution in [0.15, 0.2) is 0 Å². The molecule has 40 heavy (non-hydrogen) atoms. The number of alkyl halides is 2. The van der Waals surface area contributed by atoms with E-state index < -0.39 is 65.4 Å². The van der Waals surface area contributed by atoms with Gasteiger partial charge >= 0.3 is 6.03 Å². The van der Waals surface area contributed by atoms with Crippen molar-refractivity contribution in [3.63, 3.8) is 0 Å². The quantitative estimate of drug-likeness (QED) is 0.315. The Morgan fingerprint density at radius 1 is 0.975 bits per heavy atom. The molecular weight excluding hydrogens is 524 g/mol. The Morgan fingerprint density at radius 2 is 1.55 bits per heavy atom. The summed E-state index contributed by atoms with van der Waals surface area (Å²) in [5, 5.41) is 8.15. The number of carbonyl (C=O) groups is 5. The third-order valence-corrected chi connectivity index (χ3v) is 8.96. The van der Waals surface area contributed by atoms with Gasteiger partial charge in [0.15, 0.2) is 0 Å². The average molecular weight is 570 g/mol. The van der Waals surface area contributed by atoms with Gasteiger partial charge in [0.25, 0.3) is 5.91 Å². The van der Waals surface area contributed by atoms with Crippen molar-refractivity contribution in [3.8, 4) is 0 Å². The summed E-state index contributed by atoms with van der Waals surface area (Å²) in [5.74, 6) is -7.72. The number of fused-ring (bicyclic) bond motifs is 1. The molecule has 3 rings (SSSR count). The molecule has 1 aliphatic heterocycles. The van der Waals surface area contributed by atoms with E-state index in [2.05, 4.69) is 16.0 Å². The van der Waals surface area contributed by atoms with Gasteiger partial charge in [-0.1, -0.05) is 53.9 Å². The van der Waals surface area contributed by atoms with Crippen LogP contribution in [0.3, 0.4) is 0 Å². The van der Waals surface area contributed by atoms with Gasteiger partial charge in [0.05, 0.1) is 0 Å². The minimum absolute atomic E-state index is 0.0271. The van der Waals surface area contributed by atoms with Crippen LogP contribution in [-0.4, -0.2) is 70.6 Å². The molecule has 5 atom stereocenters. The maximum atomic E-state index is 14.0. The second-order valence-corrected chi connectivity index (χ2v) is 14.0. The smallest absolute Gasteiger partial charge is 0.315 e. The number of Topliss-reactive ketones (excluding diaryl/α,β-unsaturated/α-hetero) is 1. The van der Waals surface area contributed by atoms with Gasteiger partial charge in [-0.25, -0.2) is 13.6 Å². The number of ketones is 1. The van der Waals surface area contributed by atoms with Crippen LogP contribution >= 0.6 is 0 Å². The van der Waals surface area contributed by atoms with Crippen LogP contribution < -0.4 is 21.7 Å². The van der Waals surface area contributed by atoms with Crippen molar-refractivity contribution in [2.75, 3.05) is 6.54 Å². The van der Waals surface area contributed by atoms with E-state index in [1.165, 1.54) is 4.90 Å². The number of halogens is 2. The number of nitrogens with zero attached hydrogens (tertiary/aromatic N) is 1. The molecule has 3 unspecified atom stereocenters. The molecule has 5 amide bonds. The predicted molar refractivity (Wildman–Crippen MR) is 144 cm³/mol. The van der Waals surface area contributed by atoms with Crippen LogP contribution in [0, 0.1) is 22.7 Å². The fourth-order valence-electron chi connectivity index (χ4n) is 6.52. The topological polar surface area (TPSA) is 151 Å². The second-order valence-electron chi connectivity index (χ2n) is 14.0. The zero-order valence-electron chi connectivity index (χ0n) is 24.7. The molecule has 0 radical (unpaired) electrons. The van der Waals surface area contributed by atoms with Crippen molar-refractivity contribution >= 4 is 29.5 Å². The Kier molecular flexibility index (Phi) is 8.64. The lowest BCUT2D eigenvalue weighted by Gasteiger charge is -2.39. The van der Waals surface area contributed by atoms with E-state index in [0.29, 0.717) is 6.92 Å². The van der Waals surface area contributed by atoms with E-state index >= 15 is 0 Å². The molecule has 0 bridgehead atoms. The number of rotatable bonds is 9. The van der Waals surface area contributed by atoms with Gasteiger partial charge in [0.2, 0.25) is 23.5 Å². The van der Waals surface area contributed by atoms with Crippen molar-refractivity contribution in [3.05, 3.63) is 0 Å². The highest BCUT2D eigenvalue weighted by molar-refractivity contribution is 6.37. The first kappa shape index (κ1) is 31.7. The van der Waals surface area contributed by atoms with Crippen LogP contribution in [0.4, 0.5) is 13.6 Å². The molecule has 0 aromatic heterocycles. The summed E-state index contributed by atoms with van der Waals surface area (Å²) in [6, 6.07) is -4.35. The average Bonchev–Trinajstić information content (AvgIpc) is 3.13. The Hall–Kier alpha value is -2.79. The summed E-state index contributed by atoms with van der Waals surface area (Å²) < 4.78 is 27.6. The lowest BCUT2D eigenvalue weighted by atomic mass is 9.83. The Morgan fingerprint density at radius 3 is 2.05 bits per heavy atom. The maximum absolute atomic E-state index is 14.0. The largest absolute Gasteiger partial charge is 0.363 e. The van der Waals surface area contributed by atoms with Gasteiger partial charge in [-0.15, -0.1) is 0 Å². The third kappa shape index (κ3) is 6.91. The summed E-state index contributed by atoms with van der Waals surface area (Å²) in [5.41, 5.74) is 3.66. The number of nitrogens with one attached hydrogen (secondary N) is 3. The summed E-state index contributed by atoms with van der Waals surface area (Å²) in [4.78, 5) is 65.8. The van der Waals surface area contributed by atoms with E-state index in [1.807, 2.05) is 20.8 Å². The molecule has 226 valence electrons. The van der Waals surface area contributed by atoms with Crippen LogP contribution in [0.1, 0.15) is 87.0 Å². The van der Waals surface area contributed by atoms with E-state index in [1.54, 1.807) is 20.8 Å². The number of hydrogen-bond acceptors (Lipinski definition) is 5. The predicted octanol–water partition coefficient (Wildman–Crippen LogP) is 2.49. The maximum Gasteiger partial charge on any atom is 0.315 e. The third-order valence-electron chi connectivity index (χ3n) is 8.96. The Labute approximate surface area is 234 Å². The van der Waals surface area contributed by atoms with Crippen molar-refractivity contribution in [1.82, 2.24) is 20.9 Å². The number of nitrogens with two attached hydrogens (primary N) is 1. The van der Waals surface area contributed by atoms with E-state index in [-0.39, 0.29) is 29.3 Å². The lowest BCUT2D eigenvalue weighted by Crippen LogP contribution is -2.62. The van der Waals surface area contributed by atoms with Gasteiger partial charge in [-0.2, -0.15) is 0 Å². The first-order valence-electron chi connectivity index (χ1n) is 14.1. The monoisotopic (exact) mass is 569 g/mol. The van der Waals surface area contributed by atoms with Crippen molar-refractivity contribution in [1.29, 1.82) is 0 Å². The molecule has 12 heteroatoms. The fourth-order valence-corrected chi connectivity index (χ4v) is 6.52. The SMILES string of the molecule is CC(F)(F)CC(NC(=O)[C@@H]1C2[C@H](CN1C(=O)C(NC(=O)NC1(C)CCCCC1)C(C)(C)C)C2(C)C)C(=O)C(N)=O. The molecular formula is C28H45F2N5O5. The highest BCUT2D eigenvalue weighted by atomic mass is 19.3. The summed E-state index contributed by atoms with van der Waals surface area (Å²) >= 11 is 0. The standard InChI is InChI=1S/C28H45F2N5O5/c1-25(2,3)20(33-24(40)34-27(6)11-9-8-10-12-27)23(39)35-14-15-17(26(15,4)5)18(35)22(38)32-16(13-28(7,29)30)19(36)21(31)37/h15-18,20H,8-14H2,1-7H3,(H2,31,37)(H,32,38)(H2,33,34,40)/t15-,16?,17?,18-,20?/m0/s1. The fraction of sp³-hybridized carbons (Fsp3) is 0.821. The first-order valence-corrected chi connectivity index (χ1v) is 14.1. The minimum Gasteiger partial charge on any atom is -0.363 e. The van der Waals surface area contributed by atoms with E-state index in [9.17, 15) is 32.8 Å². The molecule has 1 heterocycles. The molecule has 2 saturated carbocycles. The van der Waals surface area contributed by atoms with Gasteiger partial charge in [-0.05, 0) is 49.4 Å².